The summed E-state index contributed by atoms with van der Waals surface area (Å²) in [6.45, 7) is 18.9. The molecule has 0 aromatic carbocycles. The molecule has 2 heterocycles. The van der Waals surface area contributed by atoms with E-state index < -0.39 is 72.9 Å². The van der Waals surface area contributed by atoms with Gasteiger partial charge in [-0.2, -0.15) is 0 Å². The number of fused-ring (bicyclic) bond motifs is 7. The third-order valence-corrected chi connectivity index (χ3v) is 17.8. The van der Waals surface area contributed by atoms with Crippen LogP contribution in [-0.2, 0) is 23.7 Å². The molecule has 5 saturated carbocycles. The summed E-state index contributed by atoms with van der Waals surface area (Å²) in [4.78, 5) is 13.1. The van der Waals surface area contributed by atoms with E-state index in [0.29, 0.717) is 19.3 Å². The fraction of sp³-hybridized carbons (Fsp3) is 0.976. The molecule has 304 valence electrons. The number of hydrogen-bond donors (Lipinski definition) is 7. The van der Waals surface area contributed by atoms with Gasteiger partial charge in [0, 0.05) is 11.3 Å². The van der Waals surface area contributed by atoms with Crippen molar-refractivity contribution >= 4 is 5.78 Å². The molecule has 12 heteroatoms. The second kappa shape index (κ2) is 13.1. The van der Waals surface area contributed by atoms with Gasteiger partial charge >= 0.3 is 0 Å². The van der Waals surface area contributed by atoms with Gasteiger partial charge in [-0.05, 0) is 110 Å². The van der Waals surface area contributed by atoms with Crippen molar-refractivity contribution in [3.05, 3.63) is 0 Å². The van der Waals surface area contributed by atoms with Crippen molar-refractivity contribution < 1.29 is 59.5 Å². The Morgan fingerprint density at radius 1 is 0.660 bits per heavy atom. The van der Waals surface area contributed by atoms with Gasteiger partial charge in [0.1, 0.15) is 42.4 Å². The summed E-state index contributed by atoms with van der Waals surface area (Å²) in [5.41, 5.74) is -1.91. The number of aliphatic hydroxyl groups excluding tert-OH is 7. The quantitative estimate of drug-likeness (QED) is 0.203. The normalized spacial score (nSPS) is 59.2. The summed E-state index contributed by atoms with van der Waals surface area (Å²) < 4.78 is 24.0. The lowest BCUT2D eigenvalue weighted by Gasteiger charge is -2.74. The number of ether oxygens (including phenoxy) is 4. The molecule has 0 unspecified atom stereocenters. The van der Waals surface area contributed by atoms with Crippen molar-refractivity contribution in [2.24, 2.45) is 56.2 Å². The first-order chi connectivity index (χ1) is 24.5. The molecule has 0 spiro atoms. The lowest BCUT2D eigenvalue weighted by Crippen LogP contribution is -2.72. The number of aliphatic hydroxyl groups is 7. The molecule has 21 atom stereocenters. The highest BCUT2D eigenvalue weighted by Gasteiger charge is 2.75. The van der Waals surface area contributed by atoms with Gasteiger partial charge in [0.15, 0.2) is 12.6 Å². The smallest absolute Gasteiger partial charge is 0.187 e. The zero-order chi connectivity index (χ0) is 39.0. The second-order valence-electron chi connectivity index (χ2n) is 20.5. The number of ketones is 1. The summed E-state index contributed by atoms with van der Waals surface area (Å²) in [5, 5.41) is 77.6. The van der Waals surface area contributed by atoms with Gasteiger partial charge in [-0.3, -0.25) is 4.79 Å². The zero-order valence-corrected chi connectivity index (χ0v) is 33.3. The lowest BCUT2D eigenvalue weighted by molar-refractivity contribution is -0.355. The van der Waals surface area contributed by atoms with E-state index in [-0.39, 0.29) is 69.2 Å². The van der Waals surface area contributed by atoms with E-state index in [4.69, 9.17) is 18.9 Å². The highest BCUT2D eigenvalue weighted by Crippen LogP contribution is 2.78. The van der Waals surface area contributed by atoms with Gasteiger partial charge < -0.3 is 54.7 Å². The highest BCUT2D eigenvalue weighted by atomic mass is 16.7. The summed E-state index contributed by atoms with van der Waals surface area (Å²) in [6, 6.07) is 0. The van der Waals surface area contributed by atoms with Crippen LogP contribution in [0.4, 0.5) is 0 Å². The molecule has 2 aliphatic heterocycles. The van der Waals surface area contributed by atoms with Crippen molar-refractivity contribution in [1.29, 1.82) is 0 Å². The summed E-state index contributed by atoms with van der Waals surface area (Å²) in [7, 11) is 0. The Hall–Kier alpha value is -0.770. The van der Waals surface area contributed by atoms with E-state index in [9.17, 15) is 40.5 Å². The maximum absolute atomic E-state index is 13.1. The summed E-state index contributed by atoms with van der Waals surface area (Å²) in [6.07, 6.45) is -6.94. The standard InChI is InChI=1S/C41H68O12/c1-19-27(46)28(47)29(48)35(51-19)53-31-23(45)18-50-34(30(31)49)52-26-11-12-38(6)24(36(26,3)4)10-13-40(8)25(38)16-21(43)33-39(7)15-14-37(5,20(2)42)32(39)22(44)17-41(33,40)9/h19,21-35,43-49H,10-18H2,1-9H3/t19-,21+,22-,23+,24-,25+,26-,27-,28+,29+,30+,31-,32-,33+,34-,35-,37-,38-,39-,40+,41+/m0/s1. The van der Waals surface area contributed by atoms with E-state index in [1.165, 1.54) is 6.92 Å². The fourth-order valence-corrected chi connectivity index (χ4v) is 14.9. The Balaban J connectivity index is 1.10. The summed E-state index contributed by atoms with van der Waals surface area (Å²) in [5.74, 6) is 0.356. The van der Waals surface area contributed by atoms with Gasteiger partial charge in [0.05, 0.1) is 31.0 Å². The number of rotatable bonds is 5. The van der Waals surface area contributed by atoms with Crippen LogP contribution in [-0.4, -0.2) is 122 Å². The van der Waals surface area contributed by atoms with Crippen LogP contribution in [0.2, 0.25) is 0 Å². The van der Waals surface area contributed by atoms with Crippen molar-refractivity contribution in [1.82, 2.24) is 0 Å². The first-order valence-corrected chi connectivity index (χ1v) is 20.3. The molecular formula is C41H68O12. The number of carbonyl (C=O) groups excluding carboxylic acids is 1. The molecule has 12 nitrogen and oxygen atoms in total. The zero-order valence-electron chi connectivity index (χ0n) is 33.3. The third-order valence-electron chi connectivity index (χ3n) is 17.8. The van der Waals surface area contributed by atoms with Gasteiger partial charge in [0.2, 0.25) is 0 Å². The van der Waals surface area contributed by atoms with Crippen LogP contribution in [0.1, 0.15) is 114 Å². The number of hydrogen-bond acceptors (Lipinski definition) is 12. The van der Waals surface area contributed by atoms with Crippen LogP contribution < -0.4 is 0 Å². The van der Waals surface area contributed by atoms with Crippen LogP contribution in [0.25, 0.3) is 0 Å². The monoisotopic (exact) mass is 752 g/mol. The van der Waals surface area contributed by atoms with E-state index in [0.717, 1.165) is 32.1 Å². The Morgan fingerprint density at radius 2 is 1.34 bits per heavy atom. The molecule has 0 radical (unpaired) electrons. The summed E-state index contributed by atoms with van der Waals surface area (Å²) >= 11 is 0. The largest absolute Gasteiger partial charge is 0.393 e. The molecule has 53 heavy (non-hydrogen) atoms. The predicted octanol–water partition coefficient (Wildman–Crippen LogP) is 2.68. The average Bonchev–Trinajstić information content (AvgIpc) is 3.36. The van der Waals surface area contributed by atoms with Gasteiger partial charge in [-0.1, -0.05) is 48.5 Å². The first-order valence-electron chi connectivity index (χ1n) is 20.3. The molecular weight excluding hydrogens is 684 g/mol. The van der Waals surface area contributed by atoms with Crippen molar-refractivity contribution in [2.45, 2.75) is 187 Å². The molecule has 7 N–H and O–H groups in total. The maximum atomic E-state index is 13.1. The molecule has 7 aliphatic rings. The molecule has 2 saturated heterocycles. The number of Topliss-reactive ketones (excluding diaryl/α,β-unsaturated/α-hetero) is 1. The Morgan fingerprint density at radius 3 is 2.00 bits per heavy atom. The Bertz CT molecular complexity index is 1410. The third kappa shape index (κ3) is 5.58. The van der Waals surface area contributed by atoms with Crippen molar-refractivity contribution in [3.8, 4) is 0 Å². The van der Waals surface area contributed by atoms with E-state index in [1.54, 1.807) is 6.92 Å². The van der Waals surface area contributed by atoms with Gasteiger partial charge in [-0.15, -0.1) is 0 Å². The van der Waals surface area contributed by atoms with E-state index in [2.05, 4.69) is 41.5 Å². The molecule has 7 fully saturated rings. The Kier molecular flexibility index (Phi) is 10.0. The van der Waals surface area contributed by atoms with Crippen LogP contribution in [0.3, 0.4) is 0 Å². The van der Waals surface area contributed by atoms with Crippen LogP contribution in [0.15, 0.2) is 0 Å². The predicted molar refractivity (Wildman–Crippen MR) is 192 cm³/mol. The van der Waals surface area contributed by atoms with Gasteiger partial charge in [-0.25, -0.2) is 0 Å². The van der Waals surface area contributed by atoms with Crippen molar-refractivity contribution in [3.63, 3.8) is 0 Å². The second-order valence-corrected chi connectivity index (χ2v) is 20.5. The maximum Gasteiger partial charge on any atom is 0.187 e. The molecule has 0 aromatic rings. The molecule has 7 rings (SSSR count). The van der Waals surface area contributed by atoms with Crippen molar-refractivity contribution in [2.75, 3.05) is 6.61 Å². The van der Waals surface area contributed by atoms with E-state index >= 15 is 0 Å². The van der Waals surface area contributed by atoms with Crippen LogP contribution in [0.5, 0.6) is 0 Å². The molecule has 0 amide bonds. The minimum absolute atomic E-state index is 0.0224. The minimum Gasteiger partial charge on any atom is -0.393 e. The van der Waals surface area contributed by atoms with Crippen LogP contribution >= 0.6 is 0 Å². The SMILES string of the molecule is CC(=O)[C@]1(C)CC[C@@]2(C)[C@H]1[C@@H](O)C[C@]1(C)[C@@H]2[C@H](O)C[C@@H]2[C@@]3(C)CC[C@H](O[C@@H]4OC[C@@H](O)[C@H](O[C@@H]5O[C@@H](C)[C@H](O)[C@@H](O)[C@H]5O)[C@H]4O)C(C)(C)[C@@H]3CC[C@]21C. The first kappa shape index (κ1) is 40.4. The topological polar surface area (TPSA) is 196 Å². The Labute approximate surface area is 314 Å². The van der Waals surface area contributed by atoms with Gasteiger partial charge in [0.25, 0.3) is 0 Å². The van der Waals surface area contributed by atoms with E-state index in [1.807, 2.05) is 6.92 Å². The molecule has 5 aliphatic carbocycles. The molecule has 0 bridgehead atoms. The average molecular weight is 753 g/mol. The highest BCUT2D eigenvalue weighted by molar-refractivity contribution is 5.83. The van der Waals surface area contributed by atoms with Crippen LogP contribution in [0, 0.1) is 56.2 Å². The minimum atomic E-state index is -1.59. The molecule has 0 aromatic heterocycles. The number of carbonyl (C=O) groups is 1. The fourth-order valence-electron chi connectivity index (χ4n) is 14.9. The lowest BCUT2D eigenvalue weighted by atomic mass is 9.31.